The number of carbonyl (C=O) groups is 1. The zero-order valence-corrected chi connectivity index (χ0v) is 7.04. The van der Waals surface area contributed by atoms with Crippen molar-refractivity contribution in [3.8, 4) is 6.07 Å². The monoisotopic (exact) mass is 216 g/mol. The maximum atomic E-state index is 13.0. The summed E-state index contributed by atoms with van der Waals surface area (Å²) >= 11 is 0. The van der Waals surface area contributed by atoms with Crippen LogP contribution in [0.2, 0.25) is 0 Å². The number of alkyl halides is 2. The fourth-order valence-corrected chi connectivity index (χ4v) is 0.911. The van der Waals surface area contributed by atoms with Crippen LogP contribution in [0.1, 0.15) is 28.2 Å². The third-order valence-electron chi connectivity index (χ3n) is 1.54. The number of aromatic nitrogens is 1. The Kier molecular flexibility index (Phi) is 2.90. The van der Waals surface area contributed by atoms with E-state index >= 15 is 0 Å². The van der Waals surface area contributed by atoms with Crippen molar-refractivity contribution >= 4 is 5.97 Å². The Morgan fingerprint density at radius 1 is 1.60 bits per heavy atom. The third-order valence-corrected chi connectivity index (χ3v) is 1.54. The minimum Gasteiger partial charge on any atom is -0.477 e. The van der Waals surface area contributed by atoms with Crippen molar-refractivity contribution in [3.63, 3.8) is 0 Å². The number of pyridine rings is 1. The molecular weight excluding hydrogens is 213 g/mol. The van der Waals surface area contributed by atoms with Crippen molar-refractivity contribution in [2.75, 3.05) is 0 Å². The van der Waals surface area contributed by atoms with E-state index in [2.05, 4.69) is 4.98 Å². The van der Waals surface area contributed by atoms with Crippen LogP contribution in [0, 0.1) is 17.1 Å². The summed E-state index contributed by atoms with van der Waals surface area (Å²) in [6.45, 7) is 0. The molecule has 78 valence electrons. The number of nitriles is 1. The highest BCUT2D eigenvalue weighted by Gasteiger charge is 2.22. The normalized spacial score (nSPS) is 10.1. The number of hydrogen-bond acceptors (Lipinski definition) is 3. The van der Waals surface area contributed by atoms with Crippen LogP contribution in [-0.2, 0) is 0 Å². The largest absolute Gasteiger partial charge is 0.477 e. The van der Waals surface area contributed by atoms with Crippen molar-refractivity contribution in [2.45, 2.75) is 6.43 Å². The summed E-state index contributed by atoms with van der Waals surface area (Å²) in [5.41, 5.74) is -2.95. The minimum absolute atomic E-state index is 0.423. The molecule has 1 N–H and O–H groups in total. The van der Waals surface area contributed by atoms with Gasteiger partial charge < -0.3 is 5.11 Å². The van der Waals surface area contributed by atoms with Crippen molar-refractivity contribution in [1.82, 2.24) is 4.98 Å². The van der Waals surface area contributed by atoms with E-state index in [1.165, 1.54) is 6.07 Å². The SMILES string of the molecule is N#Cc1c(F)cc(C(=O)O)nc1C(F)F. The summed E-state index contributed by atoms with van der Waals surface area (Å²) in [6, 6.07) is 1.62. The molecule has 0 aromatic carbocycles. The second kappa shape index (κ2) is 3.96. The Balaban J connectivity index is 3.47. The number of carboxylic acid groups (broad SMARTS) is 1. The molecule has 7 heteroatoms. The first-order chi connectivity index (χ1) is 6.97. The first-order valence-corrected chi connectivity index (χ1v) is 3.59. The summed E-state index contributed by atoms with van der Waals surface area (Å²) in [6.07, 6.45) is -3.20. The molecule has 4 nitrogen and oxygen atoms in total. The molecule has 0 saturated carbocycles. The van der Waals surface area contributed by atoms with Gasteiger partial charge in [-0.2, -0.15) is 5.26 Å². The van der Waals surface area contributed by atoms with Crippen molar-refractivity contribution < 1.29 is 23.1 Å². The van der Waals surface area contributed by atoms with Gasteiger partial charge in [-0.3, -0.25) is 0 Å². The molecular formula is C8H3F3N2O2. The fraction of sp³-hybridized carbons (Fsp3) is 0.125. The smallest absolute Gasteiger partial charge is 0.354 e. The highest BCUT2D eigenvalue weighted by atomic mass is 19.3. The Morgan fingerprint density at radius 2 is 2.20 bits per heavy atom. The molecule has 0 amide bonds. The van der Waals surface area contributed by atoms with Crippen LogP contribution < -0.4 is 0 Å². The summed E-state index contributed by atoms with van der Waals surface area (Å²) in [5.74, 6) is -2.96. The maximum Gasteiger partial charge on any atom is 0.354 e. The lowest BCUT2D eigenvalue weighted by Crippen LogP contribution is -2.07. The Labute approximate surface area is 81.6 Å². The standard InChI is InChI=1S/C8H3F3N2O2/c9-4-1-5(8(14)15)13-6(7(10)11)3(4)2-12/h1,7H,(H,14,15). The first kappa shape index (κ1) is 11.0. The number of halogens is 3. The molecule has 1 aromatic rings. The van der Waals surface area contributed by atoms with Crippen LogP contribution in [0.5, 0.6) is 0 Å². The highest BCUT2D eigenvalue weighted by Crippen LogP contribution is 2.23. The van der Waals surface area contributed by atoms with E-state index in [9.17, 15) is 18.0 Å². The molecule has 0 radical (unpaired) electrons. The summed E-state index contributed by atoms with van der Waals surface area (Å²) in [4.78, 5) is 13.4. The molecule has 0 bridgehead atoms. The quantitative estimate of drug-likeness (QED) is 0.816. The van der Waals surface area contributed by atoms with Crippen molar-refractivity contribution in [1.29, 1.82) is 5.26 Å². The Hall–Kier alpha value is -2.10. The minimum atomic E-state index is -3.20. The van der Waals surface area contributed by atoms with Gasteiger partial charge in [0, 0.05) is 6.07 Å². The number of aromatic carboxylic acids is 1. The maximum absolute atomic E-state index is 13.0. The first-order valence-electron chi connectivity index (χ1n) is 3.59. The summed E-state index contributed by atoms with van der Waals surface area (Å²) in [7, 11) is 0. The number of rotatable bonds is 2. The molecule has 0 saturated heterocycles. The third kappa shape index (κ3) is 2.04. The average molecular weight is 216 g/mol. The molecule has 15 heavy (non-hydrogen) atoms. The van der Waals surface area contributed by atoms with Crippen LogP contribution in [-0.4, -0.2) is 16.1 Å². The van der Waals surface area contributed by atoms with Gasteiger partial charge in [0.1, 0.15) is 23.1 Å². The summed E-state index contributed by atoms with van der Waals surface area (Å²) in [5, 5.41) is 16.8. The van der Waals surface area contributed by atoms with E-state index in [1.54, 1.807) is 0 Å². The van der Waals surface area contributed by atoms with Crippen LogP contribution in [0.15, 0.2) is 6.07 Å². The van der Waals surface area contributed by atoms with Crippen LogP contribution in [0.4, 0.5) is 13.2 Å². The molecule has 1 rings (SSSR count). The Morgan fingerprint density at radius 3 is 2.60 bits per heavy atom. The lowest BCUT2D eigenvalue weighted by atomic mass is 10.2. The Bertz CT molecular complexity index is 454. The van der Waals surface area contributed by atoms with Gasteiger partial charge in [0.25, 0.3) is 6.43 Å². The number of nitrogens with zero attached hydrogens (tertiary/aromatic N) is 2. The predicted octanol–water partition coefficient (Wildman–Crippen LogP) is 1.73. The van der Waals surface area contributed by atoms with Gasteiger partial charge in [0.05, 0.1) is 0 Å². The van der Waals surface area contributed by atoms with Gasteiger partial charge in [0.15, 0.2) is 5.69 Å². The van der Waals surface area contributed by atoms with Gasteiger partial charge in [-0.25, -0.2) is 22.9 Å². The molecule has 0 spiro atoms. The van der Waals surface area contributed by atoms with Crippen molar-refractivity contribution in [2.24, 2.45) is 0 Å². The van der Waals surface area contributed by atoms with Crippen molar-refractivity contribution in [3.05, 3.63) is 28.8 Å². The van der Waals surface area contributed by atoms with Crippen LogP contribution >= 0.6 is 0 Å². The molecule has 1 heterocycles. The number of carboxylic acids is 1. The zero-order chi connectivity index (χ0) is 11.6. The average Bonchev–Trinajstić information content (AvgIpc) is 2.16. The van der Waals surface area contributed by atoms with E-state index in [0.29, 0.717) is 6.07 Å². The van der Waals surface area contributed by atoms with E-state index in [1.807, 2.05) is 0 Å². The fourth-order valence-electron chi connectivity index (χ4n) is 0.911. The van der Waals surface area contributed by atoms with Gasteiger partial charge in [0.2, 0.25) is 0 Å². The molecule has 0 aliphatic heterocycles. The second-order valence-corrected chi connectivity index (χ2v) is 2.47. The molecule has 0 aliphatic carbocycles. The van der Waals surface area contributed by atoms with Crippen LogP contribution in [0.3, 0.4) is 0 Å². The van der Waals surface area contributed by atoms with E-state index < -0.39 is 35.2 Å². The lowest BCUT2D eigenvalue weighted by molar-refractivity contribution is 0.0688. The summed E-state index contributed by atoms with van der Waals surface area (Å²) < 4.78 is 37.5. The lowest BCUT2D eigenvalue weighted by Gasteiger charge is -2.03. The topological polar surface area (TPSA) is 74.0 Å². The molecule has 1 aromatic heterocycles. The van der Waals surface area contributed by atoms with Gasteiger partial charge >= 0.3 is 5.97 Å². The predicted molar refractivity (Wildman–Crippen MR) is 40.8 cm³/mol. The van der Waals surface area contributed by atoms with E-state index in [-0.39, 0.29) is 0 Å². The molecule has 0 atom stereocenters. The van der Waals surface area contributed by atoms with Gasteiger partial charge in [-0.1, -0.05) is 0 Å². The van der Waals surface area contributed by atoms with E-state index in [0.717, 1.165) is 0 Å². The second-order valence-electron chi connectivity index (χ2n) is 2.47. The number of hydrogen-bond donors (Lipinski definition) is 1. The molecule has 0 aliphatic rings. The van der Waals surface area contributed by atoms with Crippen LogP contribution in [0.25, 0.3) is 0 Å². The van der Waals surface area contributed by atoms with Gasteiger partial charge in [-0.15, -0.1) is 0 Å². The molecule has 0 fully saturated rings. The zero-order valence-electron chi connectivity index (χ0n) is 7.04. The van der Waals surface area contributed by atoms with Gasteiger partial charge in [-0.05, 0) is 0 Å². The highest BCUT2D eigenvalue weighted by molar-refractivity contribution is 5.85. The molecule has 0 unspecified atom stereocenters. The van der Waals surface area contributed by atoms with E-state index in [4.69, 9.17) is 10.4 Å².